The highest BCUT2D eigenvalue weighted by atomic mass is 127. The molecule has 7 nitrogen and oxygen atoms in total. The van der Waals surface area contributed by atoms with E-state index < -0.39 is 10.0 Å². The number of guanidine groups is 1. The van der Waals surface area contributed by atoms with Crippen LogP contribution < -0.4 is 10.6 Å². The van der Waals surface area contributed by atoms with Crippen molar-refractivity contribution in [2.45, 2.75) is 45.5 Å². The molecule has 1 aliphatic heterocycles. The molecule has 0 atom stereocenters. The van der Waals surface area contributed by atoms with Crippen molar-refractivity contribution in [1.82, 2.24) is 14.9 Å². The molecule has 1 heterocycles. The van der Waals surface area contributed by atoms with E-state index in [1.807, 2.05) is 31.2 Å². The van der Waals surface area contributed by atoms with E-state index in [1.54, 1.807) is 0 Å². The number of nitrogens with one attached hydrogen (secondary N) is 2. The van der Waals surface area contributed by atoms with E-state index in [0.717, 1.165) is 23.6 Å². The van der Waals surface area contributed by atoms with Crippen LogP contribution in [0.5, 0.6) is 0 Å². The monoisotopic (exact) mass is 524 g/mol. The highest BCUT2D eigenvalue weighted by Crippen LogP contribution is 2.17. The highest BCUT2D eigenvalue weighted by Gasteiger charge is 2.25. The van der Waals surface area contributed by atoms with Gasteiger partial charge in [-0.15, -0.1) is 24.0 Å². The maximum atomic E-state index is 12.7. The van der Waals surface area contributed by atoms with E-state index >= 15 is 0 Å². The Balaban J connectivity index is 0.00000392. The topological polar surface area (TPSA) is 83.0 Å². The molecule has 1 aromatic carbocycles. The van der Waals surface area contributed by atoms with Crippen LogP contribution in [-0.2, 0) is 27.1 Å². The third kappa shape index (κ3) is 8.22. The minimum absolute atomic E-state index is 0. The van der Waals surface area contributed by atoms with Gasteiger partial charge in [-0.1, -0.05) is 24.3 Å². The summed E-state index contributed by atoms with van der Waals surface area (Å²) in [6.45, 7) is 11.2. The summed E-state index contributed by atoms with van der Waals surface area (Å²) in [6, 6.07) is 7.59. The molecule has 28 heavy (non-hydrogen) atoms. The largest absolute Gasteiger partial charge is 0.379 e. The second kappa shape index (κ2) is 11.3. The minimum Gasteiger partial charge on any atom is -0.379 e. The first-order chi connectivity index (χ1) is 12.7. The fourth-order valence-electron chi connectivity index (χ4n) is 2.79. The van der Waals surface area contributed by atoms with Crippen molar-refractivity contribution in [2.24, 2.45) is 4.99 Å². The molecule has 0 spiro atoms. The van der Waals surface area contributed by atoms with Crippen molar-refractivity contribution >= 4 is 40.0 Å². The van der Waals surface area contributed by atoms with Crippen LogP contribution in [0.1, 0.15) is 38.8 Å². The molecule has 0 radical (unpaired) electrons. The Morgan fingerprint density at radius 2 is 1.79 bits per heavy atom. The molecule has 160 valence electrons. The molecule has 0 amide bonds. The van der Waals surface area contributed by atoms with Gasteiger partial charge in [0.15, 0.2) is 5.96 Å². The van der Waals surface area contributed by atoms with Gasteiger partial charge in [-0.05, 0) is 38.8 Å². The van der Waals surface area contributed by atoms with Gasteiger partial charge < -0.3 is 15.4 Å². The lowest BCUT2D eigenvalue weighted by Crippen LogP contribution is -2.47. The maximum Gasteiger partial charge on any atom is 0.218 e. The van der Waals surface area contributed by atoms with E-state index in [1.165, 1.54) is 4.31 Å². The van der Waals surface area contributed by atoms with Crippen molar-refractivity contribution < 1.29 is 13.2 Å². The molecule has 1 fully saturated rings. The summed E-state index contributed by atoms with van der Waals surface area (Å²) in [7, 11) is -3.36. The Morgan fingerprint density at radius 3 is 2.36 bits per heavy atom. The van der Waals surface area contributed by atoms with Gasteiger partial charge in [-0.2, -0.15) is 4.31 Å². The summed E-state index contributed by atoms with van der Waals surface area (Å²) in [5, 5.41) is 6.57. The molecule has 0 aliphatic carbocycles. The predicted molar refractivity (Wildman–Crippen MR) is 125 cm³/mol. The number of benzene rings is 1. The van der Waals surface area contributed by atoms with Gasteiger partial charge in [0.05, 0.1) is 25.5 Å². The smallest absolute Gasteiger partial charge is 0.218 e. The average Bonchev–Trinajstić information content (AvgIpc) is 2.60. The lowest BCUT2D eigenvalue weighted by atomic mass is 10.1. The number of ether oxygens (including phenoxy) is 1. The van der Waals surface area contributed by atoms with Crippen molar-refractivity contribution in [2.75, 3.05) is 32.8 Å². The number of morpholine rings is 1. The molecule has 0 aromatic heterocycles. The van der Waals surface area contributed by atoms with E-state index in [-0.39, 0.29) is 35.3 Å². The van der Waals surface area contributed by atoms with Gasteiger partial charge in [0, 0.05) is 25.2 Å². The van der Waals surface area contributed by atoms with E-state index in [2.05, 4.69) is 36.4 Å². The normalized spacial score (nSPS) is 16.4. The Hall–Kier alpha value is -0.910. The number of aliphatic imine (C=N–C) groups is 1. The average molecular weight is 524 g/mol. The fraction of sp³-hybridized carbons (Fsp3) is 0.632. The number of rotatable bonds is 6. The van der Waals surface area contributed by atoms with Crippen LogP contribution in [0.3, 0.4) is 0 Å². The van der Waals surface area contributed by atoms with Crippen LogP contribution in [0.2, 0.25) is 0 Å². The van der Waals surface area contributed by atoms with Crippen LogP contribution in [-0.4, -0.2) is 57.1 Å². The van der Waals surface area contributed by atoms with E-state index in [9.17, 15) is 8.42 Å². The molecule has 0 bridgehead atoms. The van der Waals surface area contributed by atoms with Crippen LogP contribution >= 0.6 is 24.0 Å². The molecule has 1 aromatic rings. The van der Waals surface area contributed by atoms with Gasteiger partial charge in [0.2, 0.25) is 10.0 Å². The summed E-state index contributed by atoms with van der Waals surface area (Å²) < 4.78 is 32.3. The Morgan fingerprint density at radius 1 is 1.18 bits per heavy atom. The Bertz CT molecular complexity index is 742. The third-order valence-corrected chi connectivity index (χ3v) is 5.89. The molecule has 0 unspecified atom stereocenters. The highest BCUT2D eigenvalue weighted by molar-refractivity contribution is 14.0. The minimum atomic E-state index is -3.36. The first kappa shape index (κ1) is 25.1. The van der Waals surface area contributed by atoms with E-state index in [4.69, 9.17) is 4.74 Å². The van der Waals surface area contributed by atoms with Gasteiger partial charge >= 0.3 is 0 Å². The van der Waals surface area contributed by atoms with Crippen molar-refractivity contribution in [3.63, 3.8) is 0 Å². The maximum absolute atomic E-state index is 12.7. The molecule has 9 heteroatoms. The summed E-state index contributed by atoms with van der Waals surface area (Å²) in [5.41, 5.74) is 1.60. The molecular weight excluding hydrogens is 491 g/mol. The second-order valence-corrected chi connectivity index (χ2v) is 9.58. The standard InChI is InChI=1S/C19H32N4O3S.HI/c1-5-20-18(22-19(2,3)4)21-14-16-8-6-7-9-17(16)15-27(24,25)23-10-12-26-13-11-23;/h6-9H,5,10-15H2,1-4H3,(H2,20,21,22);1H. The van der Waals surface area contributed by atoms with Crippen molar-refractivity contribution in [1.29, 1.82) is 0 Å². The first-order valence-electron chi connectivity index (χ1n) is 9.40. The third-order valence-electron chi connectivity index (χ3n) is 4.06. The lowest BCUT2D eigenvalue weighted by molar-refractivity contribution is 0.0729. The van der Waals surface area contributed by atoms with Crippen LogP contribution in [0.15, 0.2) is 29.3 Å². The van der Waals surface area contributed by atoms with E-state index in [0.29, 0.717) is 32.8 Å². The predicted octanol–water partition coefficient (Wildman–Crippen LogP) is 2.32. The number of hydrogen-bond acceptors (Lipinski definition) is 4. The fourth-order valence-corrected chi connectivity index (χ4v) is 4.35. The van der Waals surface area contributed by atoms with Crippen LogP contribution in [0, 0.1) is 0 Å². The van der Waals surface area contributed by atoms with Crippen LogP contribution in [0.4, 0.5) is 0 Å². The number of nitrogens with zero attached hydrogens (tertiary/aromatic N) is 2. The zero-order chi connectivity index (χ0) is 19.9. The molecule has 2 N–H and O–H groups in total. The molecule has 0 saturated carbocycles. The molecular formula is C19H33IN4O3S. The molecule has 2 rings (SSSR count). The number of halogens is 1. The summed E-state index contributed by atoms with van der Waals surface area (Å²) in [6.07, 6.45) is 0. The lowest BCUT2D eigenvalue weighted by Gasteiger charge is -2.26. The van der Waals surface area contributed by atoms with Gasteiger partial charge in [-0.3, -0.25) is 0 Å². The second-order valence-electron chi connectivity index (χ2n) is 7.61. The Kier molecular flexibility index (Phi) is 10.2. The summed E-state index contributed by atoms with van der Waals surface area (Å²) in [4.78, 5) is 4.64. The van der Waals surface area contributed by atoms with Gasteiger partial charge in [0.1, 0.15) is 0 Å². The molecule has 1 aliphatic rings. The summed E-state index contributed by atoms with van der Waals surface area (Å²) in [5.74, 6) is 0.706. The number of hydrogen-bond donors (Lipinski definition) is 2. The zero-order valence-electron chi connectivity index (χ0n) is 17.2. The molecule has 1 saturated heterocycles. The van der Waals surface area contributed by atoms with Crippen molar-refractivity contribution in [3.8, 4) is 0 Å². The van der Waals surface area contributed by atoms with Crippen LogP contribution in [0.25, 0.3) is 0 Å². The Labute approximate surface area is 186 Å². The van der Waals surface area contributed by atoms with Crippen molar-refractivity contribution in [3.05, 3.63) is 35.4 Å². The zero-order valence-corrected chi connectivity index (χ0v) is 20.3. The van der Waals surface area contributed by atoms with Gasteiger partial charge in [-0.25, -0.2) is 13.4 Å². The number of sulfonamides is 1. The van der Waals surface area contributed by atoms with Gasteiger partial charge in [0.25, 0.3) is 0 Å². The first-order valence-corrected chi connectivity index (χ1v) is 11.0. The SMILES string of the molecule is CCNC(=NCc1ccccc1CS(=O)(=O)N1CCOCC1)NC(C)(C)C.I. The quantitative estimate of drug-likeness (QED) is 0.339. The summed E-state index contributed by atoms with van der Waals surface area (Å²) >= 11 is 0.